The van der Waals surface area contributed by atoms with Crippen LogP contribution in [0, 0.1) is 11.4 Å². The Morgan fingerprint density at radius 2 is 1.68 bits per heavy atom. The number of ether oxygens (including phenoxy) is 3. The minimum atomic E-state index is -1.37. The van der Waals surface area contributed by atoms with Crippen molar-refractivity contribution in [3.63, 3.8) is 0 Å². The van der Waals surface area contributed by atoms with Gasteiger partial charge in [0, 0.05) is 38.6 Å². The van der Waals surface area contributed by atoms with E-state index in [1.807, 2.05) is 13.8 Å². The summed E-state index contributed by atoms with van der Waals surface area (Å²) in [5, 5.41) is 35.6. The van der Waals surface area contributed by atoms with Crippen LogP contribution in [-0.2, 0) is 32.0 Å². The van der Waals surface area contributed by atoms with E-state index in [0.29, 0.717) is 29.2 Å². The number of nitrogens with one attached hydrogen (secondary N) is 5. The second kappa shape index (κ2) is 20.8. The number of carbonyl (C=O) groups excluding carboxylic acids is 4. The summed E-state index contributed by atoms with van der Waals surface area (Å²) in [5.41, 5.74) is 9.17. The van der Waals surface area contributed by atoms with Gasteiger partial charge in [0.1, 0.15) is 60.3 Å². The van der Waals surface area contributed by atoms with Crippen LogP contribution in [0.2, 0.25) is 0 Å². The van der Waals surface area contributed by atoms with E-state index in [2.05, 4.69) is 26.4 Å². The molecular weight excluding hydrogens is 763 g/mol. The number of nitrogens with zero attached hydrogens (tertiary/aromatic N) is 2. The summed E-state index contributed by atoms with van der Waals surface area (Å²) in [6.45, 7) is 3.94. The van der Waals surface area contributed by atoms with Gasteiger partial charge in [-0.05, 0) is 59.9 Å². The van der Waals surface area contributed by atoms with Gasteiger partial charge in [0.25, 0.3) is 5.91 Å². The van der Waals surface area contributed by atoms with Crippen molar-refractivity contribution in [3.05, 3.63) is 101 Å². The summed E-state index contributed by atoms with van der Waals surface area (Å²) in [6.07, 6.45) is 0.333. The third-order valence-corrected chi connectivity index (χ3v) is 9.82. The Morgan fingerprint density at radius 3 is 2.36 bits per heavy atom. The normalized spacial score (nSPS) is 23.4. The molecule has 0 unspecified atom stereocenters. The molecule has 4 amide bonds. The van der Waals surface area contributed by atoms with Crippen LogP contribution in [0.4, 0.5) is 0 Å². The van der Waals surface area contributed by atoms with Crippen LogP contribution in [0.15, 0.2) is 89.8 Å². The number of hydrogen-bond donors (Lipinski definition) is 7. The van der Waals surface area contributed by atoms with E-state index in [1.54, 1.807) is 66.7 Å². The number of rotatable bonds is 7. The predicted octanol–water partition coefficient (Wildman–Crippen LogP) is 2.57. The molecule has 59 heavy (non-hydrogen) atoms. The number of carboxylic acids is 1. The van der Waals surface area contributed by atoms with Crippen molar-refractivity contribution in [1.29, 1.82) is 5.53 Å². The number of amides is 4. The van der Waals surface area contributed by atoms with E-state index >= 15 is 0 Å². The molecule has 6 rings (SSSR count). The van der Waals surface area contributed by atoms with E-state index in [1.165, 1.54) is 24.3 Å². The number of fused-ring (bicyclic) bond motifs is 17. The number of aliphatic hydroxyl groups excluding tert-OH is 1. The maximum atomic E-state index is 14.3. The van der Waals surface area contributed by atoms with Gasteiger partial charge in [-0.25, -0.2) is 10.3 Å². The number of carbonyl (C=O) groups is 5. The van der Waals surface area contributed by atoms with Gasteiger partial charge < -0.3 is 50.6 Å². The molecule has 1 fully saturated rings. The second-order valence-electron chi connectivity index (χ2n) is 14.7. The molecular formula is C42H51N7O10. The van der Waals surface area contributed by atoms with Gasteiger partial charge in [0.15, 0.2) is 0 Å². The molecule has 17 nitrogen and oxygen atoms in total. The molecule has 2 bridgehead atoms. The van der Waals surface area contributed by atoms with E-state index in [9.17, 15) is 34.2 Å². The highest BCUT2D eigenvalue weighted by molar-refractivity contribution is 6.00. The second-order valence-corrected chi connectivity index (χ2v) is 14.7. The molecule has 0 radical (unpaired) electrons. The summed E-state index contributed by atoms with van der Waals surface area (Å²) in [7, 11) is 1.51. The van der Waals surface area contributed by atoms with Crippen molar-refractivity contribution in [2.75, 3.05) is 33.4 Å². The maximum Gasteiger partial charge on any atom is 0.326 e. The third kappa shape index (κ3) is 12.3. The molecule has 17 heteroatoms. The lowest BCUT2D eigenvalue weighted by molar-refractivity contribution is -0.143. The smallest absolute Gasteiger partial charge is 0.326 e. The number of hydrogen-bond acceptors (Lipinski definition) is 12. The van der Waals surface area contributed by atoms with Crippen molar-refractivity contribution >= 4 is 29.6 Å². The van der Waals surface area contributed by atoms with Gasteiger partial charge in [0.2, 0.25) is 17.7 Å². The van der Waals surface area contributed by atoms with Crippen molar-refractivity contribution < 1.29 is 48.4 Å². The van der Waals surface area contributed by atoms with Gasteiger partial charge in [-0.15, -0.1) is 0 Å². The molecule has 0 aromatic heterocycles. The quantitative estimate of drug-likeness (QED) is 0.171. The number of methoxy groups -OCH3 is 1. The number of aliphatic hydroxyl groups is 1. The fourth-order valence-corrected chi connectivity index (χ4v) is 6.80. The molecule has 5 atom stereocenters. The van der Waals surface area contributed by atoms with Gasteiger partial charge in [-0.1, -0.05) is 50.2 Å². The largest absolute Gasteiger partial charge is 0.497 e. The van der Waals surface area contributed by atoms with Crippen molar-refractivity contribution in [1.82, 2.24) is 26.2 Å². The first kappa shape index (κ1) is 43.6. The van der Waals surface area contributed by atoms with E-state index in [-0.39, 0.29) is 68.4 Å². The molecule has 3 aliphatic rings. The predicted molar refractivity (Wildman–Crippen MR) is 214 cm³/mol. The van der Waals surface area contributed by atoms with Gasteiger partial charge in [0.05, 0.1) is 18.8 Å². The first-order valence-corrected chi connectivity index (χ1v) is 19.3. The topological polar surface area (TPSA) is 241 Å². The summed E-state index contributed by atoms with van der Waals surface area (Å²) in [5.74, 6) is -2.87. The van der Waals surface area contributed by atoms with E-state index < -0.39 is 59.9 Å². The average molecular weight is 814 g/mol. The first-order chi connectivity index (χ1) is 28.3. The molecule has 0 saturated carbocycles. The number of para-hydroxylation sites is 1. The van der Waals surface area contributed by atoms with Crippen LogP contribution in [0.1, 0.15) is 48.2 Å². The Labute approximate surface area is 342 Å². The lowest BCUT2D eigenvalue weighted by atomic mass is 10.0. The number of carboxylic acid groups (broad SMARTS) is 1. The van der Waals surface area contributed by atoms with Crippen molar-refractivity contribution in [2.24, 2.45) is 11.0 Å². The van der Waals surface area contributed by atoms with Crippen LogP contribution >= 0.6 is 0 Å². The van der Waals surface area contributed by atoms with Crippen LogP contribution in [0.25, 0.3) is 0 Å². The van der Waals surface area contributed by atoms with Crippen LogP contribution in [0.3, 0.4) is 0 Å². The van der Waals surface area contributed by atoms with Gasteiger partial charge in [-0.3, -0.25) is 19.2 Å². The Morgan fingerprint density at radius 1 is 0.949 bits per heavy atom. The Bertz CT molecular complexity index is 1990. The Balaban J connectivity index is 1.48. The molecule has 3 aromatic carbocycles. The summed E-state index contributed by atoms with van der Waals surface area (Å²) in [4.78, 5) is 69.9. The maximum absolute atomic E-state index is 14.3. The lowest BCUT2D eigenvalue weighted by Gasteiger charge is -2.30. The summed E-state index contributed by atoms with van der Waals surface area (Å²) >= 11 is 0. The molecule has 3 aromatic rings. The lowest BCUT2D eigenvalue weighted by Crippen LogP contribution is -2.58. The zero-order chi connectivity index (χ0) is 42.5. The van der Waals surface area contributed by atoms with Gasteiger partial charge >= 0.3 is 5.97 Å². The van der Waals surface area contributed by atoms with Crippen LogP contribution in [0.5, 0.6) is 17.2 Å². The number of benzene rings is 3. The molecule has 1 saturated heterocycles. The van der Waals surface area contributed by atoms with E-state index in [0.717, 1.165) is 0 Å². The Kier molecular flexibility index (Phi) is 15.4. The molecule has 0 aliphatic carbocycles. The van der Waals surface area contributed by atoms with Gasteiger partial charge in [-0.2, -0.15) is 5.11 Å². The summed E-state index contributed by atoms with van der Waals surface area (Å²) < 4.78 is 17.0. The highest BCUT2D eigenvalue weighted by Crippen LogP contribution is 2.24. The zero-order valence-corrected chi connectivity index (χ0v) is 33.2. The average Bonchev–Trinajstić information content (AvgIpc) is 3.62. The zero-order valence-electron chi connectivity index (χ0n) is 33.2. The molecule has 0 spiro atoms. The van der Waals surface area contributed by atoms with Crippen LogP contribution in [-0.4, -0.2) is 108 Å². The minimum absolute atomic E-state index is 0.0432. The first-order valence-electron chi connectivity index (χ1n) is 19.3. The van der Waals surface area contributed by atoms with Crippen LogP contribution < -0.4 is 35.5 Å². The SMILES string of the molecule is COc1ccc(C[C@@H]2NC(=O)[C@H]3C[C@H](O)CN3C(=O)[C@@H](CC(C)C)NC(=O)c3ccccc3OC/C(N=N)=C/NCCOc3ccc(cc3)C[C@@H](C(=O)O)NC2=O)cc1. The monoisotopic (exact) mass is 813 g/mol. The molecule has 7 N–H and O–H groups in total. The Hall–Kier alpha value is -6.49. The summed E-state index contributed by atoms with van der Waals surface area (Å²) in [6, 6.07) is 14.9. The van der Waals surface area contributed by atoms with Crippen molar-refractivity contribution in [2.45, 2.75) is 69.8 Å². The number of aliphatic carboxylic acids is 1. The molecule has 3 heterocycles. The molecule has 314 valence electrons. The van der Waals surface area contributed by atoms with Crippen molar-refractivity contribution in [3.8, 4) is 17.2 Å². The molecule has 3 aliphatic heterocycles. The third-order valence-electron chi connectivity index (χ3n) is 9.82. The standard InChI is InChI=1S/C42H51N7O10/c1-25(2)18-34-41(54)49-23-29(50)21-36(49)40(53)45-33(19-26-8-12-30(57-3)13-9-26)39(52)47-35(42(55)56)20-27-10-14-31(15-11-27)58-17-16-44-22-28(48-43)24-59-37-7-5-4-6-32(37)38(51)46-34/h4-15,22,25,29,33-36,43-44,50H,16-21,23-24H2,1-3H3,(H,45,53)(H,46,51)(H,47,52)(H,55,56)/b28-22-,48-43?/t29-,33-,34+,35-,36+/m0/s1. The highest BCUT2D eigenvalue weighted by Gasteiger charge is 2.43. The highest BCUT2D eigenvalue weighted by atomic mass is 16.5. The fourth-order valence-electron chi connectivity index (χ4n) is 6.80. The fraction of sp³-hybridized carbons (Fsp3) is 0.405. The minimum Gasteiger partial charge on any atom is -0.497 e. The van der Waals surface area contributed by atoms with E-state index in [4.69, 9.17) is 19.7 Å².